The molecule has 1 heterocycles. The Kier molecular flexibility index (Phi) is 4.60. The molecule has 0 aromatic rings. The fourth-order valence-electron chi connectivity index (χ4n) is 2.19. The van der Waals surface area contributed by atoms with Crippen LogP contribution in [-0.4, -0.2) is 54.3 Å². The van der Waals surface area contributed by atoms with Gasteiger partial charge in [-0.15, -0.1) is 0 Å². The molecule has 2 fully saturated rings. The molecular weight excluding hydrogens is 249 g/mol. The van der Waals surface area contributed by atoms with Crippen LogP contribution in [0, 0.1) is 0 Å². The summed E-state index contributed by atoms with van der Waals surface area (Å²) in [4.78, 5) is 1.61. The normalized spacial score (nSPS) is 26.5. The van der Waals surface area contributed by atoms with E-state index in [0.717, 1.165) is 37.3 Å². The fraction of sp³-hybridized carbons (Fsp3) is 1.00. The molecule has 0 aromatic carbocycles. The van der Waals surface area contributed by atoms with Crippen molar-refractivity contribution in [1.29, 1.82) is 0 Å². The molecule has 2 nitrogen and oxygen atoms in total. The third-order valence-electron chi connectivity index (χ3n) is 3.21. The van der Waals surface area contributed by atoms with Gasteiger partial charge in [-0.1, -0.05) is 0 Å². The number of nitrogens with zero attached hydrogens (tertiary/aromatic N) is 1. The highest BCUT2D eigenvalue weighted by Crippen LogP contribution is 2.30. The van der Waals surface area contributed by atoms with Crippen molar-refractivity contribution in [2.24, 2.45) is 0 Å². The summed E-state index contributed by atoms with van der Waals surface area (Å²) in [5, 5.41) is 3.37. The van der Waals surface area contributed by atoms with Crippen LogP contribution in [0.4, 0.5) is 13.2 Å². The molecule has 17 heavy (non-hydrogen) atoms. The first-order valence-corrected chi connectivity index (χ1v) is 7.32. The van der Waals surface area contributed by atoms with E-state index < -0.39 is 12.7 Å². The summed E-state index contributed by atoms with van der Waals surface area (Å²) in [6.07, 6.45) is -1.36. The second-order valence-corrected chi connectivity index (χ2v) is 5.98. The monoisotopic (exact) mass is 268 g/mol. The summed E-state index contributed by atoms with van der Waals surface area (Å²) in [5.41, 5.74) is 0. The quantitative estimate of drug-likeness (QED) is 0.822. The Bertz CT molecular complexity index is 237. The number of thioether (sulfide) groups is 1. The van der Waals surface area contributed by atoms with Crippen molar-refractivity contribution < 1.29 is 13.2 Å². The van der Waals surface area contributed by atoms with Gasteiger partial charge in [-0.05, 0) is 19.3 Å². The Balaban J connectivity index is 1.73. The maximum atomic E-state index is 12.4. The molecule has 2 aliphatic rings. The lowest BCUT2D eigenvalue weighted by Crippen LogP contribution is -2.42. The molecule has 0 spiro atoms. The standard InChI is InChI=1S/C11H19F3N2S/c12-11(13,14)8-16(10-1-2-10)5-3-9-7-17-6-4-15-9/h9-10,15H,1-8H2. The number of hydrogen-bond donors (Lipinski definition) is 1. The van der Waals surface area contributed by atoms with Crippen LogP contribution < -0.4 is 5.32 Å². The molecule has 100 valence electrons. The molecule has 1 N–H and O–H groups in total. The van der Waals surface area contributed by atoms with Crippen LogP contribution in [0.25, 0.3) is 0 Å². The summed E-state index contributed by atoms with van der Waals surface area (Å²) >= 11 is 1.89. The number of alkyl halides is 3. The van der Waals surface area contributed by atoms with Gasteiger partial charge in [0.15, 0.2) is 0 Å². The van der Waals surface area contributed by atoms with E-state index in [4.69, 9.17) is 0 Å². The van der Waals surface area contributed by atoms with Crippen LogP contribution in [0.3, 0.4) is 0 Å². The number of rotatable bonds is 5. The highest BCUT2D eigenvalue weighted by molar-refractivity contribution is 7.99. The molecule has 1 unspecified atom stereocenters. The number of hydrogen-bond acceptors (Lipinski definition) is 3. The first-order valence-electron chi connectivity index (χ1n) is 6.16. The minimum absolute atomic E-state index is 0.188. The van der Waals surface area contributed by atoms with Gasteiger partial charge in [0.2, 0.25) is 0 Å². The zero-order valence-corrected chi connectivity index (χ0v) is 10.6. The van der Waals surface area contributed by atoms with E-state index in [1.165, 1.54) is 0 Å². The zero-order valence-electron chi connectivity index (χ0n) is 9.80. The minimum atomic E-state index is -4.06. The zero-order chi connectivity index (χ0) is 12.3. The van der Waals surface area contributed by atoms with Crippen molar-refractivity contribution in [2.45, 2.75) is 37.5 Å². The second-order valence-electron chi connectivity index (χ2n) is 4.83. The van der Waals surface area contributed by atoms with Gasteiger partial charge < -0.3 is 5.32 Å². The van der Waals surface area contributed by atoms with E-state index in [1.54, 1.807) is 4.90 Å². The van der Waals surface area contributed by atoms with Crippen molar-refractivity contribution in [2.75, 3.05) is 31.1 Å². The van der Waals surface area contributed by atoms with E-state index in [9.17, 15) is 13.2 Å². The lowest BCUT2D eigenvalue weighted by atomic mass is 10.2. The lowest BCUT2D eigenvalue weighted by molar-refractivity contribution is -0.147. The molecule has 0 amide bonds. The van der Waals surface area contributed by atoms with E-state index in [-0.39, 0.29) is 6.04 Å². The van der Waals surface area contributed by atoms with Crippen molar-refractivity contribution in [1.82, 2.24) is 10.2 Å². The SMILES string of the molecule is FC(F)(F)CN(CCC1CSCCN1)C1CC1. The molecule has 1 saturated carbocycles. The fourth-order valence-corrected chi connectivity index (χ4v) is 3.19. The first kappa shape index (κ1) is 13.5. The predicted molar refractivity (Wildman–Crippen MR) is 64.4 cm³/mol. The smallest absolute Gasteiger partial charge is 0.312 e. The molecule has 1 aliphatic carbocycles. The molecule has 0 aromatic heterocycles. The average Bonchev–Trinajstić information content (AvgIpc) is 3.08. The molecule has 6 heteroatoms. The molecule has 1 atom stereocenters. The highest BCUT2D eigenvalue weighted by atomic mass is 32.2. The lowest BCUT2D eigenvalue weighted by Gasteiger charge is -2.28. The van der Waals surface area contributed by atoms with E-state index in [1.807, 2.05) is 11.8 Å². The molecule has 0 radical (unpaired) electrons. The van der Waals surface area contributed by atoms with Gasteiger partial charge in [-0.2, -0.15) is 24.9 Å². The maximum Gasteiger partial charge on any atom is 0.401 e. The Hall–Kier alpha value is 0.0600. The summed E-state index contributed by atoms with van der Waals surface area (Å²) in [5.74, 6) is 2.15. The molecule has 1 aliphatic heterocycles. The number of halogens is 3. The summed E-state index contributed by atoms with van der Waals surface area (Å²) in [6, 6.07) is 0.580. The van der Waals surface area contributed by atoms with Crippen molar-refractivity contribution in [3.63, 3.8) is 0 Å². The van der Waals surface area contributed by atoms with Crippen molar-refractivity contribution in [3.8, 4) is 0 Å². The van der Waals surface area contributed by atoms with Crippen LogP contribution >= 0.6 is 11.8 Å². The van der Waals surface area contributed by atoms with Crippen LogP contribution in [0.15, 0.2) is 0 Å². The van der Waals surface area contributed by atoms with Gasteiger partial charge in [0, 0.05) is 36.7 Å². The third kappa shape index (κ3) is 5.06. The average molecular weight is 268 g/mol. The van der Waals surface area contributed by atoms with Gasteiger partial charge in [0.1, 0.15) is 0 Å². The summed E-state index contributed by atoms with van der Waals surface area (Å²) < 4.78 is 37.2. The maximum absolute atomic E-state index is 12.4. The molecular formula is C11H19F3N2S. The van der Waals surface area contributed by atoms with Crippen LogP contribution in [-0.2, 0) is 0 Å². The van der Waals surface area contributed by atoms with Gasteiger partial charge in [-0.3, -0.25) is 4.90 Å². The molecule has 0 bridgehead atoms. The van der Waals surface area contributed by atoms with Crippen LogP contribution in [0.1, 0.15) is 19.3 Å². The van der Waals surface area contributed by atoms with E-state index in [2.05, 4.69) is 5.32 Å². The number of nitrogens with one attached hydrogen (secondary N) is 1. The Labute approximate surface area is 104 Å². The third-order valence-corrected chi connectivity index (χ3v) is 4.34. The predicted octanol–water partition coefficient (Wildman–Crippen LogP) is 2.11. The van der Waals surface area contributed by atoms with Crippen molar-refractivity contribution in [3.05, 3.63) is 0 Å². The summed E-state index contributed by atoms with van der Waals surface area (Å²) in [7, 11) is 0. The molecule has 1 saturated heterocycles. The minimum Gasteiger partial charge on any atom is -0.312 e. The van der Waals surface area contributed by atoms with Crippen LogP contribution in [0.5, 0.6) is 0 Å². The van der Waals surface area contributed by atoms with E-state index in [0.29, 0.717) is 12.6 Å². The Morgan fingerprint density at radius 3 is 2.59 bits per heavy atom. The largest absolute Gasteiger partial charge is 0.401 e. The Morgan fingerprint density at radius 1 is 1.29 bits per heavy atom. The van der Waals surface area contributed by atoms with Gasteiger partial charge >= 0.3 is 6.18 Å². The highest BCUT2D eigenvalue weighted by Gasteiger charge is 2.37. The van der Waals surface area contributed by atoms with Crippen molar-refractivity contribution >= 4 is 11.8 Å². The molecule has 2 rings (SSSR count). The Morgan fingerprint density at radius 2 is 2.06 bits per heavy atom. The van der Waals surface area contributed by atoms with Gasteiger partial charge in [-0.25, -0.2) is 0 Å². The topological polar surface area (TPSA) is 15.3 Å². The van der Waals surface area contributed by atoms with Gasteiger partial charge in [0.05, 0.1) is 6.54 Å². The first-order chi connectivity index (χ1) is 8.04. The summed E-state index contributed by atoms with van der Waals surface area (Å²) in [6.45, 7) is 0.817. The van der Waals surface area contributed by atoms with E-state index >= 15 is 0 Å². The van der Waals surface area contributed by atoms with Crippen LogP contribution in [0.2, 0.25) is 0 Å². The second kappa shape index (κ2) is 5.80. The van der Waals surface area contributed by atoms with Gasteiger partial charge in [0.25, 0.3) is 0 Å².